The number of ether oxygens (including phenoxy) is 5. The van der Waals surface area contributed by atoms with Crippen LogP contribution in [0.3, 0.4) is 0 Å². The van der Waals surface area contributed by atoms with Gasteiger partial charge in [-0.1, -0.05) is 40.0 Å². The van der Waals surface area contributed by atoms with E-state index in [9.17, 15) is 52.7 Å². The Morgan fingerprint density at radius 2 is 0.767 bits per heavy atom. The number of pyridine rings is 2. The van der Waals surface area contributed by atoms with Gasteiger partial charge < -0.3 is 68.5 Å². The van der Waals surface area contributed by atoms with Crippen molar-refractivity contribution < 1.29 is 133 Å². The van der Waals surface area contributed by atoms with Gasteiger partial charge in [0, 0.05) is 157 Å². The Hall–Kier alpha value is -10.5. The second kappa shape index (κ2) is 60.4. The molecule has 698 valence electrons. The maximum Gasteiger partial charge on any atom is 0.340 e. The predicted molar refractivity (Wildman–Crippen MR) is 499 cm³/mol. The van der Waals surface area contributed by atoms with Gasteiger partial charge >= 0.3 is 85.9 Å². The van der Waals surface area contributed by atoms with Crippen LogP contribution >= 0.6 is 0 Å². The van der Waals surface area contributed by atoms with Crippen molar-refractivity contribution in [2.24, 2.45) is 11.7 Å². The van der Waals surface area contributed by atoms with Crippen molar-refractivity contribution >= 4 is 100 Å². The number of ketones is 5. The Balaban J connectivity index is 0.000000506. The Kier molecular flexibility index (Phi) is 53.6. The van der Waals surface area contributed by atoms with Crippen LogP contribution in [0, 0.1) is 57.5 Å². The predicted octanol–water partition coefficient (Wildman–Crippen LogP) is 18.3. The van der Waals surface area contributed by atoms with Gasteiger partial charge in [0.1, 0.15) is 11.5 Å². The summed E-state index contributed by atoms with van der Waals surface area (Å²) >= 11 is 0. The molecule has 0 bridgehead atoms. The van der Waals surface area contributed by atoms with Crippen LogP contribution < -0.4 is 5.73 Å². The third-order valence-electron chi connectivity index (χ3n) is 20.0. The fourth-order valence-electron chi connectivity index (χ4n) is 14.7. The number of nitrogens with one attached hydrogen (secondary N) is 6. The molecule has 1 amide bonds. The van der Waals surface area contributed by atoms with E-state index in [4.69, 9.17) is 48.0 Å². The second-order valence-electron chi connectivity index (χ2n) is 30.6. The number of primary amides is 1. The van der Waals surface area contributed by atoms with Crippen LogP contribution in [0.15, 0.2) is 80.2 Å². The maximum atomic E-state index is 12.7. The molecule has 0 spiro atoms. The van der Waals surface area contributed by atoms with Crippen LogP contribution in [0.2, 0.25) is 40.1 Å². The number of esters is 5. The molecule has 0 aromatic carbocycles. The molecule has 1 unspecified atom stereocenters. The number of nitrogens with zero attached hydrogens (tertiary/aromatic N) is 2. The number of fused-ring (bicyclic) bond motifs is 10. The number of aromatic nitrogens is 8. The summed E-state index contributed by atoms with van der Waals surface area (Å²) in [6.45, 7) is 35.5. The van der Waals surface area contributed by atoms with E-state index in [1.807, 2.05) is 53.7 Å². The van der Waals surface area contributed by atoms with Crippen molar-refractivity contribution in [3.05, 3.63) is 192 Å². The molecule has 6 aliphatic carbocycles. The van der Waals surface area contributed by atoms with Crippen LogP contribution in [0.5, 0.6) is 0 Å². The minimum Gasteiger partial charge on any atom is -0.544 e. The fourth-order valence-corrected chi connectivity index (χ4v) is 15.5. The standard InChI is InChI=1S/C16H18N2O2.C16H21NO4.C15H23NO3Si.C14H15N3O.2C12H15NO3.C4H6O.C2H6.3CH3BO.CH4.Ar/c1-3-20-16(19)12-9-17-13-6-4-5-11-8-7-10(2)18-15(11)14(12)13;1-3-21-16(20)12-9-17-13-6-4-5-11(8-7-10(2)18)15(19)14(12)13;1-5-18-15(17)11-10-16-12-8-6-7-9-13(14(11)12)19-20(2,3)4;1-8-5-6-9-3-2-4-11-12(13(9)17-8)10(7-16-11)14(15)18;2*1-2-16-12(15)8-7-13-9-5-3-4-6-10(14)11(8)9;1-3-4(2)5;1-2;3*1-2-3;;/h7-9,17H,3-6H2,1-2H3;9,11,17H,3-8H2,1-2H3;9-10,16H,5-8H2,1-4H3;5-7,16H,2-4H2,1H3,(H2,15,18);2*7,13H,2-6H2,1H3;3H,1H2,2H3;1-2H3;3*1H3;1H4;. The molecule has 0 aliphatic heterocycles. The summed E-state index contributed by atoms with van der Waals surface area (Å²) in [7, 11) is 0.531. The monoisotopic (exact) mass is 1820 g/mol. The quantitative estimate of drug-likeness (QED) is 0.0146. The van der Waals surface area contributed by atoms with Gasteiger partial charge in [-0.2, -0.15) is 0 Å². The van der Waals surface area contributed by atoms with E-state index in [1.54, 1.807) is 58.0 Å². The second-order valence-corrected chi connectivity index (χ2v) is 35.0. The molecule has 8 N–H and O–H groups in total. The van der Waals surface area contributed by atoms with E-state index in [-0.39, 0.29) is 98.5 Å². The number of hydrogen-bond donors (Lipinski definition) is 7. The van der Waals surface area contributed by atoms with Crippen molar-refractivity contribution in [1.82, 2.24) is 39.9 Å². The van der Waals surface area contributed by atoms with Gasteiger partial charge in [-0.3, -0.25) is 33.9 Å². The first kappa shape index (κ1) is 115. The van der Waals surface area contributed by atoms with Crippen molar-refractivity contribution in [2.45, 2.75) is 265 Å². The first-order chi connectivity index (χ1) is 60.8. The molecule has 129 heavy (non-hydrogen) atoms. The third kappa shape index (κ3) is 35.0. The van der Waals surface area contributed by atoms with Gasteiger partial charge in [0.05, 0.1) is 100 Å². The summed E-state index contributed by atoms with van der Waals surface area (Å²) in [6.07, 6.45) is 32.1. The zero-order valence-corrected chi connectivity index (χ0v) is 79.2. The van der Waals surface area contributed by atoms with Gasteiger partial charge in [0.2, 0.25) is 8.32 Å². The summed E-state index contributed by atoms with van der Waals surface area (Å²) in [5.74, 6) is -1.39. The normalized spacial score (nSPS) is 13.6. The number of carbonyl (C=O) groups excluding carboxylic acids is 11. The molecule has 6 aliphatic rings. The first-order valence-electron chi connectivity index (χ1n) is 43.9. The molecule has 0 fully saturated rings. The van der Waals surface area contributed by atoms with Crippen molar-refractivity contribution in [1.29, 1.82) is 0 Å². The van der Waals surface area contributed by atoms with E-state index in [0.29, 0.717) is 102 Å². The number of nitrogens with two attached hydrogens (primary N) is 1. The average Bonchev–Trinajstić information content (AvgIpc) is 1.64. The molecule has 29 nitrogen and oxygen atoms in total. The van der Waals surface area contributed by atoms with E-state index in [0.717, 1.165) is 216 Å². The minimum absolute atomic E-state index is 0. The van der Waals surface area contributed by atoms with Gasteiger partial charge in [-0.05, 0) is 239 Å². The van der Waals surface area contributed by atoms with Gasteiger partial charge in [0.15, 0.2) is 23.1 Å². The van der Waals surface area contributed by atoms with Crippen molar-refractivity contribution in [2.75, 3.05) is 33.0 Å². The van der Waals surface area contributed by atoms with Crippen LogP contribution in [0.4, 0.5) is 0 Å². The van der Waals surface area contributed by atoms with Crippen LogP contribution in [0.25, 0.3) is 28.3 Å². The number of Topliss-reactive ketones (excluding diaryl/α,β-unsaturated/α-hetero) is 4. The molecule has 8 aromatic rings. The first-order valence-corrected chi connectivity index (χ1v) is 47.4. The number of hydrogen-bond acceptors (Lipinski definition) is 22. The topological polar surface area (TPSA) is 441 Å². The minimum atomic E-state index is -1.72. The van der Waals surface area contributed by atoms with Crippen molar-refractivity contribution in [3.8, 4) is 22.5 Å². The van der Waals surface area contributed by atoms with E-state index in [2.05, 4.69) is 84.3 Å². The van der Waals surface area contributed by atoms with Crippen molar-refractivity contribution in [3.63, 3.8) is 0 Å². The molecule has 1 atom stereocenters. The summed E-state index contributed by atoms with van der Waals surface area (Å²) in [5.41, 5.74) is 24.6. The molecule has 8 aromatic heterocycles. The Morgan fingerprint density at radius 3 is 1.12 bits per heavy atom. The summed E-state index contributed by atoms with van der Waals surface area (Å²) in [5, 5.41) is 0. The van der Waals surface area contributed by atoms with Gasteiger partial charge in [-0.25, -0.2) is 24.0 Å². The fraction of sp³-hybridized carbons (Fsp3) is 0.484. The zero-order chi connectivity index (χ0) is 94.5. The van der Waals surface area contributed by atoms with Crippen LogP contribution in [-0.2, 0) is 103 Å². The zero-order valence-electron chi connectivity index (χ0n) is 77.5. The molecule has 14 rings (SSSR count). The van der Waals surface area contributed by atoms with Gasteiger partial charge in [0.25, 0.3) is 5.91 Å². The van der Waals surface area contributed by atoms with E-state index >= 15 is 0 Å². The summed E-state index contributed by atoms with van der Waals surface area (Å²) in [4.78, 5) is 156. The summed E-state index contributed by atoms with van der Waals surface area (Å²) < 4.78 is 57.8. The smallest absolute Gasteiger partial charge is 0.340 e. The number of carbonyl (C=O) groups is 11. The Morgan fingerprint density at radius 1 is 0.465 bits per heavy atom. The number of rotatable bonds is 17. The van der Waals surface area contributed by atoms with E-state index < -0.39 is 32.1 Å². The Labute approximate surface area is 791 Å². The number of H-pyrrole nitrogens is 6. The third-order valence-corrected chi connectivity index (χ3v) is 20.9. The number of amides is 1. The average molecular weight is 1820 g/mol. The molecule has 8 heterocycles. The molecular formula is C95H132ArB3N9O20Si. The van der Waals surface area contributed by atoms with Crippen LogP contribution in [-0.4, -0.2) is 167 Å². The van der Waals surface area contributed by atoms with E-state index in [1.165, 1.54) is 51.5 Å². The summed E-state index contributed by atoms with van der Waals surface area (Å²) in [6, 6.07) is 8.26. The molecule has 34 heteroatoms. The van der Waals surface area contributed by atoms with Crippen LogP contribution in [0.1, 0.15) is 315 Å². The van der Waals surface area contributed by atoms with Gasteiger partial charge in [-0.15, -0.1) is 0 Å². The Bertz CT molecular complexity index is 5000. The largest absolute Gasteiger partial charge is 0.544 e. The molecular weight excluding hydrogens is 1690 g/mol. The number of aryl methyl sites for hydroxylation is 10. The number of aromatic amines is 6. The maximum absolute atomic E-state index is 12.7. The molecule has 0 saturated heterocycles. The molecule has 0 saturated carbocycles. The number of allylic oxidation sites excluding steroid dienone is 2. The molecule has 0 radical (unpaired) electrons. The SMILES string of the molecule is C.C=CC(C)=O.CB=O.CB=O.CB=O.CC.CCOC(=O)c1c[nH]c2c1-c1nc(C)ccc1CCC2.CCOC(=O)c1c[nH]c2c1C(=O)C(CCC(C)=O)CCC2.CCOC(=O)c1c[nH]c2c1C(=O)CCCC2.CCOC(=O)c1c[nH]c2c1C(=O)CCCC2.CCOC(=O)c1c[nH]c2c1C(O[Si](C)(C)C)=CCCC2.Cc1ccc2c(n1)-c1c(C(N)=O)c[nH]c1CCC2.[Ar].